The molecular formula is C16H13N3OS2. The number of carbonyl (C=O) groups is 1. The normalized spacial score (nSPS) is 11.9. The zero-order valence-corrected chi connectivity index (χ0v) is 13.2. The van der Waals surface area contributed by atoms with Crippen LogP contribution in [0.3, 0.4) is 0 Å². The molecule has 3 aromatic rings. The van der Waals surface area contributed by atoms with Gasteiger partial charge in [-0.15, -0.1) is 10.2 Å². The lowest BCUT2D eigenvalue weighted by atomic mass is 10.1. The second kappa shape index (κ2) is 6.72. The zero-order valence-electron chi connectivity index (χ0n) is 11.5. The summed E-state index contributed by atoms with van der Waals surface area (Å²) in [4.78, 5) is 12.2. The highest BCUT2D eigenvalue weighted by Gasteiger charge is 2.18. The van der Waals surface area contributed by atoms with Crippen LogP contribution in [0.15, 0.2) is 60.7 Å². The highest BCUT2D eigenvalue weighted by atomic mass is 32.1. The van der Waals surface area contributed by atoms with Gasteiger partial charge in [0.05, 0.1) is 0 Å². The number of carbonyl (C=O) groups excluding carboxylic acids is 1. The summed E-state index contributed by atoms with van der Waals surface area (Å²) < 4.78 is 0. The molecule has 0 saturated carbocycles. The standard InChI is InChI=1S/C16H13N3OS2/c20-14(13(21)11-7-3-1-4-8-11)17-16-19-18-15(22-16)12-9-5-2-6-10-12/h1-10,13,21H,(H,17,19,20). The lowest BCUT2D eigenvalue weighted by Crippen LogP contribution is -2.17. The molecule has 0 spiro atoms. The Morgan fingerprint density at radius 3 is 2.32 bits per heavy atom. The molecule has 1 aromatic heterocycles. The van der Waals surface area contributed by atoms with Crippen molar-refractivity contribution < 1.29 is 4.79 Å². The van der Waals surface area contributed by atoms with Gasteiger partial charge in [-0.3, -0.25) is 10.1 Å². The maximum atomic E-state index is 12.2. The van der Waals surface area contributed by atoms with Crippen LogP contribution in [0.4, 0.5) is 5.13 Å². The molecule has 1 atom stereocenters. The number of hydrogen-bond acceptors (Lipinski definition) is 5. The van der Waals surface area contributed by atoms with Gasteiger partial charge in [0.2, 0.25) is 11.0 Å². The maximum absolute atomic E-state index is 12.2. The molecular weight excluding hydrogens is 314 g/mol. The first-order chi connectivity index (χ1) is 10.7. The number of benzene rings is 2. The zero-order chi connectivity index (χ0) is 15.4. The van der Waals surface area contributed by atoms with Crippen LogP contribution in [0.2, 0.25) is 0 Å². The van der Waals surface area contributed by atoms with Crippen molar-refractivity contribution in [1.82, 2.24) is 10.2 Å². The molecule has 4 nitrogen and oxygen atoms in total. The third-order valence-corrected chi connectivity index (χ3v) is 4.46. The van der Waals surface area contributed by atoms with Crippen LogP contribution in [0.5, 0.6) is 0 Å². The van der Waals surface area contributed by atoms with Crippen LogP contribution < -0.4 is 5.32 Å². The fourth-order valence-electron chi connectivity index (χ4n) is 1.93. The molecule has 1 amide bonds. The van der Waals surface area contributed by atoms with Crippen LogP contribution in [-0.4, -0.2) is 16.1 Å². The van der Waals surface area contributed by atoms with Gasteiger partial charge in [0, 0.05) is 5.56 Å². The van der Waals surface area contributed by atoms with E-state index in [-0.39, 0.29) is 5.91 Å². The van der Waals surface area contributed by atoms with Crippen molar-refractivity contribution in [3.8, 4) is 10.6 Å². The maximum Gasteiger partial charge on any atom is 0.243 e. The summed E-state index contributed by atoms with van der Waals surface area (Å²) in [5.74, 6) is -0.217. The Balaban J connectivity index is 1.71. The Kier molecular flexibility index (Phi) is 4.50. The summed E-state index contributed by atoms with van der Waals surface area (Å²) in [6.07, 6.45) is 0. The summed E-state index contributed by atoms with van der Waals surface area (Å²) >= 11 is 5.70. The topological polar surface area (TPSA) is 54.9 Å². The molecule has 0 saturated heterocycles. The Bertz CT molecular complexity index is 759. The molecule has 0 bridgehead atoms. The lowest BCUT2D eigenvalue weighted by molar-refractivity contribution is -0.115. The highest BCUT2D eigenvalue weighted by molar-refractivity contribution is 7.81. The van der Waals surface area contributed by atoms with Gasteiger partial charge in [-0.05, 0) is 5.56 Å². The average molecular weight is 327 g/mol. The Morgan fingerprint density at radius 2 is 1.64 bits per heavy atom. The van der Waals surface area contributed by atoms with E-state index in [2.05, 4.69) is 28.1 Å². The molecule has 3 rings (SSSR count). The summed E-state index contributed by atoms with van der Waals surface area (Å²) in [5, 5.41) is 11.6. The predicted molar refractivity (Wildman–Crippen MR) is 92.1 cm³/mol. The fraction of sp³-hybridized carbons (Fsp3) is 0.0625. The highest BCUT2D eigenvalue weighted by Crippen LogP contribution is 2.27. The van der Waals surface area contributed by atoms with E-state index >= 15 is 0 Å². The van der Waals surface area contributed by atoms with Crippen LogP contribution >= 0.6 is 24.0 Å². The molecule has 0 aliphatic heterocycles. The number of nitrogens with zero attached hydrogens (tertiary/aromatic N) is 2. The van der Waals surface area contributed by atoms with Gasteiger partial charge in [0.25, 0.3) is 0 Å². The first-order valence-corrected chi connectivity index (χ1v) is 8.00. The van der Waals surface area contributed by atoms with Gasteiger partial charge in [-0.25, -0.2) is 0 Å². The molecule has 0 fully saturated rings. The van der Waals surface area contributed by atoms with E-state index in [9.17, 15) is 4.79 Å². The molecule has 22 heavy (non-hydrogen) atoms. The number of anilines is 1. The molecule has 110 valence electrons. The van der Waals surface area contributed by atoms with E-state index in [1.807, 2.05) is 60.7 Å². The van der Waals surface area contributed by atoms with Crippen LogP contribution in [0.25, 0.3) is 10.6 Å². The third-order valence-electron chi connectivity index (χ3n) is 3.04. The monoisotopic (exact) mass is 327 g/mol. The quantitative estimate of drug-likeness (QED) is 0.716. The molecule has 1 heterocycles. The molecule has 0 radical (unpaired) electrons. The Labute approximate surface area is 137 Å². The van der Waals surface area contributed by atoms with Crippen molar-refractivity contribution in [2.24, 2.45) is 0 Å². The minimum absolute atomic E-state index is 0.217. The summed E-state index contributed by atoms with van der Waals surface area (Å²) in [5.41, 5.74) is 1.82. The van der Waals surface area contributed by atoms with Gasteiger partial charge in [0.1, 0.15) is 10.3 Å². The van der Waals surface area contributed by atoms with Crippen molar-refractivity contribution in [3.63, 3.8) is 0 Å². The molecule has 1 unspecified atom stereocenters. The first kappa shape index (κ1) is 14.7. The van der Waals surface area contributed by atoms with Gasteiger partial charge in [-0.2, -0.15) is 12.6 Å². The fourth-order valence-corrected chi connectivity index (χ4v) is 2.92. The first-order valence-electron chi connectivity index (χ1n) is 6.67. The van der Waals surface area contributed by atoms with Crippen LogP contribution in [0, 0.1) is 0 Å². The number of rotatable bonds is 4. The third kappa shape index (κ3) is 3.35. The SMILES string of the molecule is O=C(Nc1nnc(-c2ccccc2)s1)C(S)c1ccccc1. The summed E-state index contributed by atoms with van der Waals surface area (Å²) in [6, 6.07) is 19.1. The van der Waals surface area contributed by atoms with E-state index in [0.717, 1.165) is 16.1 Å². The molecule has 0 aliphatic rings. The summed E-state index contributed by atoms with van der Waals surface area (Å²) in [7, 11) is 0. The van der Waals surface area contributed by atoms with Gasteiger partial charge in [-0.1, -0.05) is 72.0 Å². The van der Waals surface area contributed by atoms with E-state index in [4.69, 9.17) is 0 Å². The van der Waals surface area contributed by atoms with Crippen LogP contribution in [-0.2, 0) is 4.79 Å². The number of hydrogen-bond donors (Lipinski definition) is 2. The van der Waals surface area contributed by atoms with Gasteiger partial charge in [0.15, 0.2) is 0 Å². The van der Waals surface area contributed by atoms with Gasteiger partial charge >= 0.3 is 0 Å². The Hall–Kier alpha value is -2.18. The van der Waals surface area contributed by atoms with Crippen LogP contribution in [0.1, 0.15) is 10.8 Å². The lowest BCUT2D eigenvalue weighted by Gasteiger charge is -2.09. The minimum atomic E-state index is -0.537. The van der Waals surface area contributed by atoms with Crippen molar-refractivity contribution >= 4 is 35.0 Å². The molecule has 1 N–H and O–H groups in total. The molecule has 6 heteroatoms. The van der Waals surface area contributed by atoms with E-state index in [0.29, 0.717) is 5.13 Å². The summed E-state index contributed by atoms with van der Waals surface area (Å²) in [6.45, 7) is 0. The Morgan fingerprint density at radius 1 is 1.00 bits per heavy atom. The number of nitrogens with one attached hydrogen (secondary N) is 1. The number of thiol groups is 1. The second-order valence-corrected chi connectivity index (χ2v) is 6.07. The van der Waals surface area contributed by atoms with Crippen molar-refractivity contribution in [2.45, 2.75) is 5.25 Å². The predicted octanol–water partition coefficient (Wildman–Crippen LogP) is 3.81. The average Bonchev–Trinajstić information content (AvgIpc) is 3.04. The number of amides is 1. The van der Waals surface area contributed by atoms with Crippen molar-refractivity contribution in [2.75, 3.05) is 5.32 Å². The number of aromatic nitrogens is 2. The van der Waals surface area contributed by atoms with E-state index in [1.54, 1.807) is 0 Å². The smallest absolute Gasteiger partial charge is 0.243 e. The van der Waals surface area contributed by atoms with Crippen molar-refractivity contribution in [1.29, 1.82) is 0 Å². The van der Waals surface area contributed by atoms with Crippen molar-refractivity contribution in [3.05, 3.63) is 66.2 Å². The molecule has 0 aliphatic carbocycles. The van der Waals surface area contributed by atoms with E-state index < -0.39 is 5.25 Å². The van der Waals surface area contributed by atoms with E-state index in [1.165, 1.54) is 11.3 Å². The van der Waals surface area contributed by atoms with Gasteiger partial charge < -0.3 is 0 Å². The minimum Gasteiger partial charge on any atom is -0.299 e. The second-order valence-electron chi connectivity index (χ2n) is 4.58. The largest absolute Gasteiger partial charge is 0.299 e. The molecule has 2 aromatic carbocycles.